The lowest BCUT2D eigenvalue weighted by Gasteiger charge is -2.17. The van der Waals surface area contributed by atoms with E-state index >= 15 is 0 Å². The molecule has 0 saturated heterocycles. The van der Waals surface area contributed by atoms with E-state index in [4.69, 9.17) is 0 Å². The lowest BCUT2D eigenvalue weighted by atomic mass is 9.93. The molecule has 2 heterocycles. The number of nitrogens with zero attached hydrogens (tertiary/aromatic N) is 3. The van der Waals surface area contributed by atoms with Gasteiger partial charge >= 0.3 is 6.18 Å². The summed E-state index contributed by atoms with van der Waals surface area (Å²) in [6.07, 6.45) is -2.35. The monoisotopic (exact) mass is 279 g/mol. The van der Waals surface area contributed by atoms with Crippen LogP contribution < -0.4 is 0 Å². The third kappa shape index (κ3) is 2.11. The maximum atomic E-state index is 13.1. The standard InChI is InChI=1S/C14H12F3N3/c1-20-8-11(13(19-20)14(15,16)17)12-10-5-3-2-4-9(10)6-7-18-12/h2-5,8H,6-7H2,1H3. The van der Waals surface area contributed by atoms with Gasteiger partial charge in [0.25, 0.3) is 0 Å². The molecule has 0 atom stereocenters. The highest BCUT2D eigenvalue weighted by molar-refractivity contribution is 6.14. The van der Waals surface area contributed by atoms with Gasteiger partial charge in [0.2, 0.25) is 0 Å². The lowest BCUT2D eigenvalue weighted by Crippen LogP contribution is -2.18. The number of rotatable bonds is 1. The van der Waals surface area contributed by atoms with Crippen molar-refractivity contribution >= 4 is 5.71 Å². The zero-order chi connectivity index (χ0) is 14.3. The fourth-order valence-corrected chi connectivity index (χ4v) is 2.44. The van der Waals surface area contributed by atoms with Gasteiger partial charge in [-0.15, -0.1) is 0 Å². The van der Waals surface area contributed by atoms with E-state index in [0.717, 1.165) is 17.5 Å². The number of halogens is 3. The van der Waals surface area contributed by atoms with Crippen molar-refractivity contribution < 1.29 is 13.2 Å². The molecule has 0 spiro atoms. The van der Waals surface area contributed by atoms with Crippen molar-refractivity contribution in [1.82, 2.24) is 9.78 Å². The molecule has 1 aromatic heterocycles. The topological polar surface area (TPSA) is 30.2 Å². The number of hydrogen-bond donors (Lipinski definition) is 0. The highest BCUT2D eigenvalue weighted by Gasteiger charge is 2.38. The number of hydrogen-bond acceptors (Lipinski definition) is 2. The van der Waals surface area contributed by atoms with Crippen molar-refractivity contribution in [3.63, 3.8) is 0 Å². The second-order valence-corrected chi connectivity index (χ2v) is 4.70. The summed E-state index contributed by atoms with van der Waals surface area (Å²) < 4.78 is 40.4. The van der Waals surface area contributed by atoms with Crippen LogP contribution in [0, 0.1) is 0 Å². The van der Waals surface area contributed by atoms with Crippen LogP contribution in [0.3, 0.4) is 0 Å². The van der Waals surface area contributed by atoms with Gasteiger partial charge in [-0.05, 0) is 12.0 Å². The van der Waals surface area contributed by atoms with Crippen molar-refractivity contribution in [3.8, 4) is 0 Å². The molecule has 0 radical (unpaired) electrons. The minimum Gasteiger partial charge on any atom is -0.284 e. The van der Waals surface area contributed by atoms with E-state index in [2.05, 4.69) is 10.1 Å². The van der Waals surface area contributed by atoms with Crippen LogP contribution >= 0.6 is 0 Å². The smallest absolute Gasteiger partial charge is 0.284 e. The highest BCUT2D eigenvalue weighted by atomic mass is 19.4. The van der Waals surface area contributed by atoms with Crippen LogP contribution in [0.4, 0.5) is 13.2 Å². The SMILES string of the molecule is Cn1cc(C2=NCCc3ccccc32)c(C(F)(F)F)n1. The first-order valence-electron chi connectivity index (χ1n) is 6.21. The van der Waals surface area contributed by atoms with Crippen LogP contribution in [-0.2, 0) is 19.6 Å². The fourth-order valence-electron chi connectivity index (χ4n) is 2.44. The number of alkyl halides is 3. The Morgan fingerprint density at radius 3 is 2.65 bits per heavy atom. The van der Waals surface area contributed by atoms with Crippen molar-refractivity contribution in [2.24, 2.45) is 12.0 Å². The van der Waals surface area contributed by atoms with Crippen LogP contribution in [-0.4, -0.2) is 22.0 Å². The molecule has 20 heavy (non-hydrogen) atoms. The van der Waals surface area contributed by atoms with Crippen molar-refractivity contribution in [2.45, 2.75) is 12.6 Å². The molecule has 1 aliphatic rings. The quantitative estimate of drug-likeness (QED) is 0.789. The Morgan fingerprint density at radius 2 is 1.90 bits per heavy atom. The molecule has 0 N–H and O–H groups in total. The van der Waals surface area contributed by atoms with Gasteiger partial charge in [-0.3, -0.25) is 9.67 Å². The molecule has 0 saturated carbocycles. The molecule has 1 aromatic carbocycles. The first kappa shape index (κ1) is 12.9. The minimum atomic E-state index is -4.48. The normalized spacial score (nSPS) is 14.9. The van der Waals surface area contributed by atoms with Gasteiger partial charge in [-0.2, -0.15) is 18.3 Å². The summed E-state index contributed by atoms with van der Waals surface area (Å²) in [4.78, 5) is 4.29. The summed E-state index contributed by atoms with van der Waals surface area (Å²) in [6, 6.07) is 7.42. The summed E-state index contributed by atoms with van der Waals surface area (Å²) >= 11 is 0. The van der Waals surface area contributed by atoms with Crippen molar-refractivity contribution in [2.75, 3.05) is 6.54 Å². The van der Waals surface area contributed by atoms with Crippen LogP contribution in [0.5, 0.6) is 0 Å². The minimum absolute atomic E-state index is 0.0483. The summed E-state index contributed by atoms with van der Waals surface area (Å²) in [6.45, 7) is 0.499. The average Bonchev–Trinajstić information content (AvgIpc) is 2.80. The Balaban J connectivity index is 2.18. The summed E-state index contributed by atoms with van der Waals surface area (Å²) in [5, 5.41) is 3.54. The zero-order valence-electron chi connectivity index (χ0n) is 10.8. The molecule has 0 fully saturated rings. The van der Waals surface area contributed by atoms with Crippen LogP contribution in [0.1, 0.15) is 22.4 Å². The highest BCUT2D eigenvalue weighted by Crippen LogP contribution is 2.33. The van der Waals surface area contributed by atoms with Gasteiger partial charge in [0, 0.05) is 25.4 Å². The molecule has 3 nitrogen and oxygen atoms in total. The Morgan fingerprint density at radius 1 is 1.15 bits per heavy atom. The van der Waals surface area contributed by atoms with Crippen LogP contribution in [0.2, 0.25) is 0 Å². The van der Waals surface area contributed by atoms with E-state index in [1.807, 2.05) is 18.2 Å². The average molecular weight is 279 g/mol. The third-order valence-electron chi connectivity index (χ3n) is 3.28. The number of aliphatic imine (C=N–C) groups is 1. The molecular weight excluding hydrogens is 267 g/mol. The molecule has 104 valence electrons. The van der Waals surface area contributed by atoms with E-state index < -0.39 is 11.9 Å². The van der Waals surface area contributed by atoms with E-state index in [1.54, 1.807) is 6.07 Å². The van der Waals surface area contributed by atoms with Crippen LogP contribution in [0.25, 0.3) is 0 Å². The largest absolute Gasteiger partial charge is 0.435 e. The van der Waals surface area contributed by atoms with Gasteiger partial charge in [0.05, 0.1) is 11.3 Å². The van der Waals surface area contributed by atoms with Gasteiger partial charge < -0.3 is 0 Å². The maximum absolute atomic E-state index is 13.1. The number of aryl methyl sites for hydroxylation is 1. The molecule has 0 amide bonds. The molecular formula is C14H12F3N3. The number of fused-ring (bicyclic) bond motifs is 1. The summed E-state index contributed by atoms with van der Waals surface area (Å²) in [7, 11) is 1.48. The van der Waals surface area contributed by atoms with E-state index in [1.165, 1.54) is 17.9 Å². The molecule has 0 bridgehead atoms. The van der Waals surface area contributed by atoms with E-state index in [9.17, 15) is 13.2 Å². The number of aromatic nitrogens is 2. The van der Waals surface area contributed by atoms with Gasteiger partial charge in [0.15, 0.2) is 5.69 Å². The first-order chi connectivity index (χ1) is 9.47. The van der Waals surface area contributed by atoms with Crippen LogP contribution in [0.15, 0.2) is 35.5 Å². The molecule has 6 heteroatoms. The lowest BCUT2D eigenvalue weighted by molar-refractivity contribution is -0.141. The Labute approximate surface area is 113 Å². The maximum Gasteiger partial charge on any atom is 0.435 e. The predicted molar refractivity (Wildman–Crippen MR) is 68.9 cm³/mol. The van der Waals surface area contributed by atoms with Gasteiger partial charge in [-0.25, -0.2) is 0 Å². The Bertz CT molecular complexity index is 683. The molecule has 0 aliphatic carbocycles. The van der Waals surface area contributed by atoms with Crippen molar-refractivity contribution in [1.29, 1.82) is 0 Å². The van der Waals surface area contributed by atoms with Gasteiger partial charge in [0.1, 0.15) is 0 Å². The Hall–Kier alpha value is -2.11. The van der Waals surface area contributed by atoms with Crippen molar-refractivity contribution in [3.05, 3.63) is 52.8 Å². The first-order valence-corrected chi connectivity index (χ1v) is 6.21. The van der Waals surface area contributed by atoms with Gasteiger partial charge in [-0.1, -0.05) is 24.3 Å². The predicted octanol–water partition coefficient (Wildman–Crippen LogP) is 2.83. The zero-order valence-corrected chi connectivity index (χ0v) is 10.8. The third-order valence-corrected chi connectivity index (χ3v) is 3.28. The molecule has 2 aromatic rings. The molecule has 0 unspecified atom stereocenters. The second-order valence-electron chi connectivity index (χ2n) is 4.70. The summed E-state index contributed by atoms with van der Waals surface area (Å²) in [5.41, 5.74) is 1.33. The summed E-state index contributed by atoms with van der Waals surface area (Å²) in [5.74, 6) is 0. The molecule has 3 rings (SSSR count). The van der Waals surface area contributed by atoms with E-state index in [-0.39, 0.29) is 5.56 Å². The fraction of sp³-hybridized carbons (Fsp3) is 0.286. The van der Waals surface area contributed by atoms with E-state index in [0.29, 0.717) is 12.3 Å². The molecule has 1 aliphatic heterocycles. The second kappa shape index (κ2) is 4.47. The Kier molecular flexibility index (Phi) is 2.88. The number of benzene rings is 1.